The minimum atomic E-state index is -0.605. The number of likely N-dealkylation sites (N-methyl/N-ethyl adjacent to an activating group) is 1. The predicted molar refractivity (Wildman–Crippen MR) is 84.0 cm³/mol. The average Bonchev–Trinajstić information content (AvgIpc) is 2.60. The second-order valence-electron chi connectivity index (χ2n) is 5.40. The standard InChI is InChI=1S/C18H19NO3/c1-13(14-8-4-3-5-9-14)19(2)18(20)17-12-21-15-10-6-7-11-16(15)22-17/h3-11,13,17H,12H2,1-2H3/t13-,17-/m0/s1. The molecular formula is C18H19NO3. The second kappa shape index (κ2) is 6.10. The molecule has 2 aromatic rings. The fourth-order valence-electron chi connectivity index (χ4n) is 2.51. The highest BCUT2D eigenvalue weighted by Gasteiger charge is 2.31. The van der Waals surface area contributed by atoms with E-state index < -0.39 is 6.10 Å². The molecule has 2 aromatic carbocycles. The molecule has 0 aliphatic carbocycles. The molecule has 2 atom stereocenters. The molecule has 1 aliphatic heterocycles. The van der Waals surface area contributed by atoms with E-state index in [1.165, 1.54) is 0 Å². The fourth-order valence-corrected chi connectivity index (χ4v) is 2.51. The van der Waals surface area contributed by atoms with Crippen LogP contribution < -0.4 is 9.47 Å². The third-order valence-electron chi connectivity index (χ3n) is 3.99. The number of carbonyl (C=O) groups excluding carboxylic acids is 1. The number of nitrogens with zero attached hydrogens (tertiary/aromatic N) is 1. The molecule has 114 valence electrons. The van der Waals surface area contributed by atoms with Gasteiger partial charge in [0, 0.05) is 7.05 Å². The lowest BCUT2D eigenvalue weighted by molar-refractivity contribution is -0.141. The predicted octanol–water partition coefficient (Wildman–Crippen LogP) is 3.05. The van der Waals surface area contributed by atoms with Crippen molar-refractivity contribution in [3.63, 3.8) is 0 Å². The van der Waals surface area contributed by atoms with Crippen LogP contribution in [0.15, 0.2) is 54.6 Å². The smallest absolute Gasteiger partial charge is 0.267 e. The van der Waals surface area contributed by atoms with E-state index in [1.54, 1.807) is 11.9 Å². The van der Waals surface area contributed by atoms with Gasteiger partial charge in [0.05, 0.1) is 6.04 Å². The van der Waals surface area contributed by atoms with E-state index in [0.29, 0.717) is 11.5 Å². The van der Waals surface area contributed by atoms with Gasteiger partial charge in [-0.2, -0.15) is 0 Å². The quantitative estimate of drug-likeness (QED) is 0.874. The van der Waals surface area contributed by atoms with Crippen LogP contribution in [0.5, 0.6) is 11.5 Å². The number of ether oxygens (including phenoxy) is 2. The van der Waals surface area contributed by atoms with E-state index in [-0.39, 0.29) is 18.6 Å². The molecule has 0 saturated heterocycles. The number of amides is 1. The number of para-hydroxylation sites is 2. The Hall–Kier alpha value is -2.49. The second-order valence-corrected chi connectivity index (χ2v) is 5.40. The van der Waals surface area contributed by atoms with Gasteiger partial charge in [-0.15, -0.1) is 0 Å². The number of benzene rings is 2. The molecule has 0 unspecified atom stereocenters. The van der Waals surface area contributed by atoms with Crippen LogP contribution in [0.2, 0.25) is 0 Å². The first-order valence-corrected chi connectivity index (χ1v) is 7.37. The largest absolute Gasteiger partial charge is 0.485 e. The SMILES string of the molecule is C[C@@H](c1ccccc1)N(C)C(=O)[C@@H]1COc2ccccc2O1. The third kappa shape index (κ3) is 2.77. The summed E-state index contributed by atoms with van der Waals surface area (Å²) in [6.07, 6.45) is -0.605. The van der Waals surface area contributed by atoms with Gasteiger partial charge in [-0.05, 0) is 24.6 Å². The summed E-state index contributed by atoms with van der Waals surface area (Å²) in [7, 11) is 1.80. The summed E-state index contributed by atoms with van der Waals surface area (Å²) in [6.45, 7) is 2.24. The lowest BCUT2D eigenvalue weighted by Gasteiger charge is -2.32. The number of rotatable bonds is 3. The van der Waals surface area contributed by atoms with Gasteiger partial charge in [0.1, 0.15) is 6.61 Å². The van der Waals surface area contributed by atoms with Crippen LogP contribution in [0.3, 0.4) is 0 Å². The highest BCUT2D eigenvalue weighted by atomic mass is 16.6. The molecule has 1 amide bonds. The van der Waals surface area contributed by atoms with Gasteiger partial charge in [-0.3, -0.25) is 4.79 Å². The van der Waals surface area contributed by atoms with Gasteiger partial charge in [0.2, 0.25) is 6.10 Å². The maximum Gasteiger partial charge on any atom is 0.267 e. The summed E-state index contributed by atoms with van der Waals surface area (Å²) in [4.78, 5) is 14.3. The zero-order valence-corrected chi connectivity index (χ0v) is 12.7. The summed E-state index contributed by atoms with van der Waals surface area (Å²) < 4.78 is 11.4. The fraction of sp³-hybridized carbons (Fsp3) is 0.278. The lowest BCUT2D eigenvalue weighted by atomic mass is 10.1. The van der Waals surface area contributed by atoms with Crippen molar-refractivity contribution in [1.82, 2.24) is 4.90 Å². The summed E-state index contributed by atoms with van der Waals surface area (Å²) in [5.74, 6) is 1.23. The summed E-state index contributed by atoms with van der Waals surface area (Å²) in [5.41, 5.74) is 1.09. The minimum absolute atomic E-state index is 0.0190. The normalized spacial score (nSPS) is 17.6. The Bertz CT molecular complexity index is 652. The van der Waals surface area contributed by atoms with E-state index in [4.69, 9.17) is 9.47 Å². The van der Waals surface area contributed by atoms with Gasteiger partial charge < -0.3 is 14.4 Å². The zero-order chi connectivity index (χ0) is 15.5. The molecule has 0 spiro atoms. The van der Waals surface area contributed by atoms with Crippen molar-refractivity contribution in [2.75, 3.05) is 13.7 Å². The van der Waals surface area contributed by atoms with Crippen molar-refractivity contribution in [2.45, 2.75) is 19.1 Å². The summed E-state index contributed by atoms with van der Waals surface area (Å²) in [5, 5.41) is 0. The Morgan fingerprint density at radius 2 is 1.73 bits per heavy atom. The van der Waals surface area contributed by atoms with Gasteiger partial charge in [-0.1, -0.05) is 42.5 Å². The van der Waals surface area contributed by atoms with E-state index in [9.17, 15) is 4.79 Å². The van der Waals surface area contributed by atoms with Crippen LogP contribution in [0.4, 0.5) is 0 Å². The van der Waals surface area contributed by atoms with Crippen LogP contribution >= 0.6 is 0 Å². The van der Waals surface area contributed by atoms with Crippen molar-refractivity contribution < 1.29 is 14.3 Å². The van der Waals surface area contributed by atoms with Gasteiger partial charge in [0.15, 0.2) is 11.5 Å². The van der Waals surface area contributed by atoms with Crippen molar-refractivity contribution >= 4 is 5.91 Å². The Balaban J connectivity index is 1.72. The van der Waals surface area contributed by atoms with E-state index >= 15 is 0 Å². The monoisotopic (exact) mass is 297 g/mol. The minimum Gasteiger partial charge on any atom is -0.485 e. The van der Waals surface area contributed by atoms with Crippen molar-refractivity contribution in [3.05, 3.63) is 60.2 Å². The molecule has 22 heavy (non-hydrogen) atoms. The van der Waals surface area contributed by atoms with E-state index in [0.717, 1.165) is 5.56 Å². The number of hydrogen-bond acceptors (Lipinski definition) is 3. The molecule has 4 nitrogen and oxygen atoms in total. The molecule has 0 bridgehead atoms. The maximum absolute atomic E-state index is 12.6. The Labute approximate surface area is 130 Å². The van der Waals surface area contributed by atoms with Crippen LogP contribution in [-0.2, 0) is 4.79 Å². The van der Waals surface area contributed by atoms with Crippen LogP contribution in [0, 0.1) is 0 Å². The van der Waals surface area contributed by atoms with Gasteiger partial charge in [-0.25, -0.2) is 0 Å². The van der Waals surface area contributed by atoms with Crippen LogP contribution in [0.25, 0.3) is 0 Å². The Morgan fingerprint density at radius 3 is 2.45 bits per heavy atom. The first kappa shape index (κ1) is 14.4. The van der Waals surface area contributed by atoms with Crippen molar-refractivity contribution in [2.24, 2.45) is 0 Å². The van der Waals surface area contributed by atoms with Crippen LogP contribution in [-0.4, -0.2) is 30.6 Å². The number of hydrogen-bond donors (Lipinski definition) is 0. The molecule has 1 heterocycles. The maximum atomic E-state index is 12.6. The summed E-state index contributed by atoms with van der Waals surface area (Å²) in [6, 6.07) is 17.3. The molecule has 0 N–H and O–H groups in total. The molecular weight excluding hydrogens is 278 g/mol. The van der Waals surface area contributed by atoms with Gasteiger partial charge >= 0.3 is 0 Å². The lowest BCUT2D eigenvalue weighted by Crippen LogP contribution is -2.45. The molecule has 3 rings (SSSR count). The van der Waals surface area contributed by atoms with Gasteiger partial charge in [0.25, 0.3) is 5.91 Å². The summed E-state index contributed by atoms with van der Waals surface area (Å²) >= 11 is 0. The topological polar surface area (TPSA) is 38.8 Å². The molecule has 0 saturated carbocycles. The van der Waals surface area contributed by atoms with Crippen molar-refractivity contribution in [1.29, 1.82) is 0 Å². The third-order valence-corrected chi connectivity index (χ3v) is 3.99. The highest BCUT2D eigenvalue weighted by Crippen LogP contribution is 2.31. The van der Waals surface area contributed by atoms with E-state index in [2.05, 4.69) is 0 Å². The first-order chi connectivity index (χ1) is 10.7. The first-order valence-electron chi connectivity index (χ1n) is 7.37. The number of carbonyl (C=O) groups is 1. The Kier molecular flexibility index (Phi) is 4.00. The van der Waals surface area contributed by atoms with E-state index in [1.807, 2.05) is 61.5 Å². The molecule has 0 radical (unpaired) electrons. The van der Waals surface area contributed by atoms with Crippen LogP contribution in [0.1, 0.15) is 18.5 Å². The molecule has 0 aromatic heterocycles. The molecule has 1 aliphatic rings. The molecule has 0 fully saturated rings. The zero-order valence-electron chi connectivity index (χ0n) is 12.7. The Morgan fingerprint density at radius 1 is 1.09 bits per heavy atom. The van der Waals surface area contributed by atoms with Crippen molar-refractivity contribution in [3.8, 4) is 11.5 Å². The highest BCUT2D eigenvalue weighted by molar-refractivity contribution is 5.82. The average molecular weight is 297 g/mol. The number of fused-ring (bicyclic) bond motifs is 1. The molecule has 4 heteroatoms.